The molecule has 0 unspecified atom stereocenters. The van der Waals surface area contributed by atoms with E-state index in [-0.39, 0.29) is 0 Å². The lowest BCUT2D eigenvalue weighted by Gasteiger charge is -1.99. The Morgan fingerprint density at radius 1 is 1.69 bits per heavy atom. The van der Waals surface area contributed by atoms with Crippen LogP contribution in [0.4, 0.5) is 0 Å². The van der Waals surface area contributed by atoms with Gasteiger partial charge in [-0.05, 0) is 5.92 Å². The van der Waals surface area contributed by atoms with Crippen molar-refractivity contribution in [2.75, 3.05) is 5.75 Å². The largest absolute Gasteiger partial charge is 0.297 e. The van der Waals surface area contributed by atoms with Gasteiger partial charge in [0.1, 0.15) is 4.88 Å². The van der Waals surface area contributed by atoms with Gasteiger partial charge in [-0.1, -0.05) is 37.2 Å². The maximum absolute atomic E-state index is 10.5. The molecule has 2 nitrogen and oxygen atoms in total. The lowest BCUT2D eigenvalue weighted by Crippen LogP contribution is -1.89. The number of aromatic nitrogens is 1. The third-order valence-electron chi connectivity index (χ3n) is 1.24. The van der Waals surface area contributed by atoms with E-state index in [0.717, 1.165) is 16.4 Å². The van der Waals surface area contributed by atoms with E-state index in [2.05, 4.69) is 18.8 Å². The van der Waals surface area contributed by atoms with Crippen LogP contribution in [-0.4, -0.2) is 17.0 Å². The molecule has 5 heteroatoms. The van der Waals surface area contributed by atoms with E-state index >= 15 is 0 Å². The van der Waals surface area contributed by atoms with Crippen LogP contribution in [0.3, 0.4) is 0 Å². The molecule has 13 heavy (non-hydrogen) atoms. The predicted molar refractivity (Wildman–Crippen MR) is 58.1 cm³/mol. The standard InChI is InChI=1S/C8H10ClNOS2/c1-5(2)4-12-8-10-7(9)6(3-11)13-8/h3,5H,4H2,1-2H3. The van der Waals surface area contributed by atoms with Crippen molar-refractivity contribution in [1.82, 2.24) is 4.98 Å². The summed E-state index contributed by atoms with van der Waals surface area (Å²) in [7, 11) is 0. The molecule has 0 aliphatic carbocycles. The number of halogens is 1. The summed E-state index contributed by atoms with van der Waals surface area (Å²) in [6.07, 6.45) is 0.749. The number of hydrogen-bond donors (Lipinski definition) is 0. The molecule has 0 radical (unpaired) electrons. The molecule has 0 amide bonds. The van der Waals surface area contributed by atoms with Crippen LogP contribution in [0.15, 0.2) is 4.34 Å². The molecule has 0 aliphatic heterocycles. The number of carbonyl (C=O) groups excluding carboxylic acids is 1. The zero-order chi connectivity index (χ0) is 9.84. The molecule has 1 aromatic rings. The highest BCUT2D eigenvalue weighted by Crippen LogP contribution is 2.29. The summed E-state index contributed by atoms with van der Waals surface area (Å²) in [5.74, 6) is 1.62. The van der Waals surface area contributed by atoms with E-state index in [1.54, 1.807) is 11.8 Å². The van der Waals surface area contributed by atoms with Crippen molar-refractivity contribution in [3.05, 3.63) is 10.0 Å². The van der Waals surface area contributed by atoms with Crippen LogP contribution in [0.5, 0.6) is 0 Å². The highest BCUT2D eigenvalue weighted by atomic mass is 35.5. The lowest BCUT2D eigenvalue weighted by molar-refractivity contribution is 0.112. The minimum atomic E-state index is 0.325. The molecule has 0 N–H and O–H groups in total. The fourth-order valence-electron chi connectivity index (χ4n) is 0.667. The molecule has 72 valence electrons. The first-order chi connectivity index (χ1) is 6.13. The van der Waals surface area contributed by atoms with E-state index in [1.807, 2.05) is 0 Å². The van der Waals surface area contributed by atoms with Gasteiger partial charge in [0.2, 0.25) is 0 Å². The van der Waals surface area contributed by atoms with Crippen LogP contribution in [0.2, 0.25) is 5.15 Å². The van der Waals surface area contributed by atoms with E-state index in [1.165, 1.54) is 11.3 Å². The van der Waals surface area contributed by atoms with E-state index in [9.17, 15) is 4.79 Å². The van der Waals surface area contributed by atoms with Gasteiger partial charge in [-0.2, -0.15) is 0 Å². The number of thiazole rings is 1. The van der Waals surface area contributed by atoms with Crippen LogP contribution < -0.4 is 0 Å². The normalized spacial score (nSPS) is 10.8. The van der Waals surface area contributed by atoms with Crippen molar-refractivity contribution in [1.29, 1.82) is 0 Å². The van der Waals surface area contributed by atoms with E-state index in [4.69, 9.17) is 11.6 Å². The van der Waals surface area contributed by atoms with Crippen LogP contribution in [-0.2, 0) is 0 Å². The molecule has 1 heterocycles. The topological polar surface area (TPSA) is 30.0 Å². The molecule has 1 aromatic heterocycles. The third-order valence-corrected chi connectivity index (χ3v) is 4.19. The van der Waals surface area contributed by atoms with Crippen molar-refractivity contribution in [2.24, 2.45) is 5.92 Å². The van der Waals surface area contributed by atoms with Crippen LogP contribution >= 0.6 is 34.7 Å². The number of aldehydes is 1. The second kappa shape index (κ2) is 4.98. The summed E-state index contributed by atoms with van der Waals surface area (Å²) >= 11 is 8.71. The average molecular weight is 236 g/mol. The molecule has 0 bridgehead atoms. The van der Waals surface area contributed by atoms with Crippen molar-refractivity contribution in [2.45, 2.75) is 18.2 Å². The summed E-state index contributed by atoms with van der Waals surface area (Å²) < 4.78 is 0.876. The highest BCUT2D eigenvalue weighted by molar-refractivity contribution is 8.01. The molecular weight excluding hydrogens is 226 g/mol. The minimum Gasteiger partial charge on any atom is -0.297 e. The Morgan fingerprint density at radius 2 is 2.38 bits per heavy atom. The zero-order valence-corrected chi connectivity index (χ0v) is 9.80. The first kappa shape index (κ1) is 11.0. The van der Waals surface area contributed by atoms with Crippen LogP contribution in [0.25, 0.3) is 0 Å². The molecule has 0 atom stereocenters. The summed E-state index contributed by atoms with van der Waals surface area (Å²) in [6.45, 7) is 4.28. The molecule has 0 fully saturated rings. The van der Waals surface area contributed by atoms with Gasteiger partial charge in [-0.25, -0.2) is 4.98 Å². The van der Waals surface area contributed by atoms with Gasteiger partial charge in [0.05, 0.1) is 0 Å². The minimum absolute atomic E-state index is 0.325. The maximum Gasteiger partial charge on any atom is 0.163 e. The fourth-order valence-corrected chi connectivity index (χ4v) is 2.86. The Balaban J connectivity index is 2.63. The Labute approximate surface area is 90.7 Å². The number of rotatable bonds is 4. The lowest BCUT2D eigenvalue weighted by atomic mass is 10.3. The van der Waals surface area contributed by atoms with Crippen LogP contribution in [0, 0.1) is 5.92 Å². The number of hydrogen-bond acceptors (Lipinski definition) is 4. The first-order valence-electron chi connectivity index (χ1n) is 3.87. The number of carbonyl (C=O) groups is 1. The monoisotopic (exact) mass is 235 g/mol. The highest BCUT2D eigenvalue weighted by Gasteiger charge is 2.08. The summed E-state index contributed by atoms with van der Waals surface area (Å²) in [5.41, 5.74) is 0. The van der Waals surface area contributed by atoms with Gasteiger partial charge >= 0.3 is 0 Å². The molecule has 0 aromatic carbocycles. The molecule has 0 saturated heterocycles. The summed E-state index contributed by atoms with van der Waals surface area (Å²) in [4.78, 5) is 15.0. The fraction of sp³-hybridized carbons (Fsp3) is 0.500. The molecule has 0 saturated carbocycles. The molecule has 0 aliphatic rings. The third kappa shape index (κ3) is 3.29. The van der Waals surface area contributed by atoms with Crippen molar-refractivity contribution >= 4 is 41.0 Å². The molecule has 0 spiro atoms. The Kier molecular flexibility index (Phi) is 4.22. The summed E-state index contributed by atoms with van der Waals surface area (Å²) in [6, 6.07) is 0. The SMILES string of the molecule is CC(C)CSc1nc(Cl)c(C=O)s1. The van der Waals surface area contributed by atoms with Gasteiger partial charge in [-0.3, -0.25) is 4.79 Å². The van der Waals surface area contributed by atoms with E-state index in [0.29, 0.717) is 15.9 Å². The van der Waals surface area contributed by atoms with Gasteiger partial charge in [0, 0.05) is 5.75 Å². The van der Waals surface area contributed by atoms with Crippen molar-refractivity contribution in [3.63, 3.8) is 0 Å². The Bertz CT molecular complexity index is 298. The predicted octanol–water partition coefficient (Wildman–Crippen LogP) is 3.36. The average Bonchev–Trinajstić information content (AvgIpc) is 2.43. The maximum atomic E-state index is 10.5. The van der Waals surface area contributed by atoms with Gasteiger partial charge in [-0.15, -0.1) is 11.3 Å². The smallest absolute Gasteiger partial charge is 0.163 e. The quantitative estimate of drug-likeness (QED) is 0.592. The van der Waals surface area contributed by atoms with E-state index < -0.39 is 0 Å². The van der Waals surface area contributed by atoms with Gasteiger partial charge < -0.3 is 0 Å². The second-order valence-corrected chi connectivity index (χ2v) is 5.61. The molecular formula is C8H10ClNOS2. The second-order valence-electron chi connectivity index (χ2n) is 2.96. The first-order valence-corrected chi connectivity index (χ1v) is 6.05. The number of nitrogens with zero attached hydrogens (tertiary/aromatic N) is 1. The van der Waals surface area contributed by atoms with Crippen molar-refractivity contribution < 1.29 is 4.79 Å². The Morgan fingerprint density at radius 3 is 2.85 bits per heavy atom. The molecule has 1 rings (SSSR count). The zero-order valence-electron chi connectivity index (χ0n) is 7.41. The van der Waals surface area contributed by atoms with Crippen molar-refractivity contribution in [3.8, 4) is 0 Å². The Hall–Kier alpha value is -0.0600. The van der Waals surface area contributed by atoms with Crippen LogP contribution in [0.1, 0.15) is 23.5 Å². The number of thioether (sulfide) groups is 1. The van der Waals surface area contributed by atoms with Gasteiger partial charge in [0.25, 0.3) is 0 Å². The van der Waals surface area contributed by atoms with Gasteiger partial charge in [0.15, 0.2) is 15.8 Å². The summed E-state index contributed by atoms with van der Waals surface area (Å²) in [5, 5.41) is 0.325.